The largest absolute Gasteiger partial charge is 0.373 e. The fourth-order valence-electron chi connectivity index (χ4n) is 5.12. The van der Waals surface area contributed by atoms with Crippen LogP contribution in [0.2, 0.25) is 0 Å². The van der Waals surface area contributed by atoms with Crippen LogP contribution in [0.1, 0.15) is 50.7 Å². The number of carbonyl (C=O) groups is 3. The van der Waals surface area contributed by atoms with Crippen molar-refractivity contribution in [1.82, 2.24) is 20.9 Å². The number of benzene rings is 1. The minimum Gasteiger partial charge on any atom is -0.373 e. The zero-order chi connectivity index (χ0) is 22.0. The summed E-state index contributed by atoms with van der Waals surface area (Å²) >= 11 is 0. The fraction of sp³-hybridized carbons (Fsp3) is 0.609. The lowest BCUT2D eigenvalue weighted by atomic mass is 9.76. The molecule has 2 atom stereocenters. The molecule has 168 valence electrons. The second-order valence-electron chi connectivity index (χ2n) is 9.20. The van der Waals surface area contributed by atoms with Crippen LogP contribution >= 0.6 is 0 Å². The number of imide groups is 1. The number of carbonyl (C=O) groups excluding carboxylic acids is 3. The van der Waals surface area contributed by atoms with Crippen LogP contribution in [0.15, 0.2) is 24.3 Å². The first-order valence-electron chi connectivity index (χ1n) is 11.2. The lowest BCUT2D eigenvalue weighted by Gasteiger charge is -2.35. The molecule has 0 radical (unpaired) electrons. The lowest BCUT2D eigenvalue weighted by Crippen LogP contribution is -2.50. The first kappa shape index (κ1) is 21.8. The smallest absolute Gasteiger partial charge is 0.322 e. The van der Waals surface area contributed by atoms with Gasteiger partial charge in [0.15, 0.2) is 0 Å². The molecular weight excluding hydrogens is 396 g/mol. The predicted octanol–water partition coefficient (Wildman–Crippen LogP) is 1.68. The Morgan fingerprint density at radius 2 is 1.77 bits per heavy atom. The number of hydrogen-bond donors (Lipinski definition) is 3. The normalized spacial score (nSPS) is 31.4. The number of hydrogen-bond acceptors (Lipinski definition) is 5. The number of urea groups is 1. The fourth-order valence-corrected chi connectivity index (χ4v) is 5.12. The Morgan fingerprint density at radius 1 is 1.13 bits per heavy atom. The number of nitrogens with zero attached hydrogens (tertiary/aromatic N) is 1. The molecule has 1 aromatic rings. The van der Waals surface area contributed by atoms with Gasteiger partial charge in [-0.05, 0) is 50.7 Å². The number of morpholine rings is 1. The summed E-state index contributed by atoms with van der Waals surface area (Å²) in [4.78, 5) is 38.7. The zero-order valence-corrected chi connectivity index (χ0v) is 18.3. The van der Waals surface area contributed by atoms with E-state index in [4.69, 9.17) is 4.74 Å². The van der Waals surface area contributed by atoms with Crippen molar-refractivity contribution >= 4 is 17.8 Å². The molecule has 1 aliphatic carbocycles. The van der Waals surface area contributed by atoms with Crippen LogP contribution in [0, 0.1) is 5.92 Å². The van der Waals surface area contributed by atoms with E-state index in [9.17, 15) is 14.4 Å². The molecule has 1 saturated carbocycles. The summed E-state index contributed by atoms with van der Waals surface area (Å²) < 4.78 is 5.83. The van der Waals surface area contributed by atoms with Gasteiger partial charge in [-0.1, -0.05) is 24.3 Å². The van der Waals surface area contributed by atoms with Gasteiger partial charge in [-0.2, -0.15) is 0 Å². The topological polar surface area (TPSA) is 99.8 Å². The van der Waals surface area contributed by atoms with Crippen LogP contribution in [-0.4, -0.2) is 53.6 Å². The molecule has 2 unspecified atom stereocenters. The van der Waals surface area contributed by atoms with Crippen molar-refractivity contribution in [2.45, 2.75) is 70.4 Å². The summed E-state index contributed by atoms with van der Waals surface area (Å²) in [6.07, 6.45) is 2.60. The molecule has 8 heteroatoms. The molecule has 31 heavy (non-hydrogen) atoms. The van der Waals surface area contributed by atoms with Gasteiger partial charge in [0.05, 0.1) is 12.2 Å². The molecule has 2 heterocycles. The molecule has 1 aromatic carbocycles. The highest BCUT2D eigenvalue weighted by molar-refractivity contribution is 6.07. The van der Waals surface area contributed by atoms with Crippen molar-refractivity contribution in [3.63, 3.8) is 0 Å². The summed E-state index contributed by atoms with van der Waals surface area (Å²) in [6.45, 7) is 7.33. The molecule has 4 rings (SSSR count). The maximum absolute atomic E-state index is 12.8. The first-order chi connectivity index (χ1) is 14.8. The van der Waals surface area contributed by atoms with Crippen LogP contribution in [0.3, 0.4) is 0 Å². The molecule has 3 fully saturated rings. The van der Waals surface area contributed by atoms with E-state index in [1.807, 2.05) is 12.1 Å². The van der Waals surface area contributed by atoms with E-state index in [2.05, 4.69) is 46.8 Å². The van der Waals surface area contributed by atoms with Crippen LogP contribution < -0.4 is 16.0 Å². The maximum atomic E-state index is 12.8. The van der Waals surface area contributed by atoms with Gasteiger partial charge in [0.1, 0.15) is 5.54 Å². The van der Waals surface area contributed by atoms with Gasteiger partial charge >= 0.3 is 6.03 Å². The number of amides is 4. The second kappa shape index (κ2) is 8.96. The van der Waals surface area contributed by atoms with E-state index in [0.29, 0.717) is 32.2 Å². The molecule has 2 aliphatic heterocycles. The van der Waals surface area contributed by atoms with Gasteiger partial charge in [0, 0.05) is 32.1 Å². The third-order valence-electron chi connectivity index (χ3n) is 6.69. The van der Waals surface area contributed by atoms with Crippen molar-refractivity contribution in [3.8, 4) is 0 Å². The Hall–Kier alpha value is -2.45. The summed E-state index contributed by atoms with van der Waals surface area (Å²) in [5, 5.41) is 8.15. The maximum Gasteiger partial charge on any atom is 0.322 e. The van der Waals surface area contributed by atoms with Crippen LogP contribution in [0.5, 0.6) is 0 Å². The SMILES string of the molecule is CC1CN(Cc2ccccc2CNC(=O)C2CCC3(CC2)NC(=O)NC3=O)CC(C)O1. The third kappa shape index (κ3) is 4.91. The van der Waals surface area contributed by atoms with Gasteiger partial charge in [0.2, 0.25) is 5.91 Å². The number of rotatable bonds is 5. The Kier molecular flexibility index (Phi) is 6.29. The quantitative estimate of drug-likeness (QED) is 0.620. The van der Waals surface area contributed by atoms with Crippen molar-refractivity contribution < 1.29 is 19.1 Å². The molecule has 2 saturated heterocycles. The van der Waals surface area contributed by atoms with Crippen molar-refractivity contribution in [3.05, 3.63) is 35.4 Å². The molecule has 3 aliphatic rings. The van der Waals surface area contributed by atoms with Gasteiger partial charge < -0.3 is 15.4 Å². The highest BCUT2D eigenvalue weighted by Crippen LogP contribution is 2.34. The molecule has 1 spiro atoms. The van der Waals surface area contributed by atoms with Crippen LogP contribution in [-0.2, 0) is 27.4 Å². The molecular formula is C23H32N4O4. The van der Waals surface area contributed by atoms with Crippen molar-refractivity contribution in [1.29, 1.82) is 0 Å². The molecule has 0 bridgehead atoms. The average Bonchev–Trinajstić information content (AvgIpc) is 2.99. The Bertz CT molecular complexity index is 840. The molecule has 8 nitrogen and oxygen atoms in total. The summed E-state index contributed by atoms with van der Waals surface area (Å²) in [7, 11) is 0. The van der Waals surface area contributed by atoms with E-state index in [0.717, 1.165) is 25.2 Å². The van der Waals surface area contributed by atoms with Crippen molar-refractivity contribution in [2.75, 3.05) is 13.1 Å². The van der Waals surface area contributed by atoms with Gasteiger partial charge in [-0.25, -0.2) is 4.79 Å². The van der Waals surface area contributed by atoms with Crippen LogP contribution in [0.4, 0.5) is 4.79 Å². The highest BCUT2D eigenvalue weighted by Gasteiger charge is 2.48. The average molecular weight is 429 g/mol. The van der Waals surface area contributed by atoms with Gasteiger partial charge in [-0.15, -0.1) is 0 Å². The summed E-state index contributed by atoms with van der Waals surface area (Å²) in [6, 6.07) is 7.79. The van der Waals surface area contributed by atoms with Crippen molar-refractivity contribution in [2.24, 2.45) is 5.92 Å². The number of nitrogens with one attached hydrogen (secondary N) is 3. The standard InChI is InChI=1S/C23H32N4O4/c1-15-12-27(13-16(2)31-15)14-19-6-4-3-5-18(19)11-24-20(28)17-7-9-23(10-8-17)21(29)25-22(30)26-23/h3-6,15-17H,7-14H2,1-2H3,(H,24,28)(H2,25,26,29,30). The van der Waals surface area contributed by atoms with E-state index < -0.39 is 11.6 Å². The first-order valence-corrected chi connectivity index (χ1v) is 11.2. The Labute approximate surface area is 183 Å². The number of ether oxygens (including phenoxy) is 1. The summed E-state index contributed by atoms with van der Waals surface area (Å²) in [5.74, 6) is -0.385. The molecule has 3 N–H and O–H groups in total. The molecule has 4 amide bonds. The minimum atomic E-state index is -0.826. The van der Waals surface area contributed by atoms with E-state index in [1.165, 1.54) is 5.56 Å². The Balaban J connectivity index is 1.31. The minimum absolute atomic E-state index is 0.0167. The van der Waals surface area contributed by atoms with E-state index >= 15 is 0 Å². The second-order valence-corrected chi connectivity index (χ2v) is 9.20. The van der Waals surface area contributed by atoms with Gasteiger partial charge in [-0.3, -0.25) is 19.8 Å². The monoisotopic (exact) mass is 428 g/mol. The molecule has 0 aromatic heterocycles. The zero-order valence-electron chi connectivity index (χ0n) is 18.3. The highest BCUT2D eigenvalue weighted by atomic mass is 16.5. The van der Waals surface area contributed by atoms with Gasteiger partial charge in [0.25, 0.3) is 5.91 Å². The van der Waals surface area contributed by atoms with E-state index in [-0.39, 0.29) is 29.9 Å². The summed E-state index contributed by atoms with van der Waals surface area (Å²) in [5.41, 5.74) is 1.52. The van der Waals surface area contributed by atoms with E-state index in [1.54, 1.807) is 0 Å². The Morgan fingerprint density at radius 3 is 2.39 bits per heavy atom. The predicted molar refractivity (Wildman–Crippen MR) is 115 cm³/mol. The third-order valence-corrected chi connectivity index (χ3v) is 6.69. The lowest BCUT2D eigenvalue weighted by molar-refractivity contribution is -0.130. The van der Waals surface area contributed by atoms with Crippen LogP contribution in [0.25, 0.3) is 0 Å².